The van der Waals surface area contributed by atoms with Gasteiger partial charge in [-0.15, -0.1) is 0 Å². The molecule has 0 heterocycles. The minimum Gasteiger partial charge on any atom is -0.507 e. The molecule has 4 nitrogen and oxygen atoms in total. The van der Waals surface area contributed by atoms with Gasteiger partial charge in [-0.3, -0.25) is 14.4 Å². The summed E-state index contributed by atoms with van der Waals surface area (Å²) in [6, 6.07) is 13.7. The Kier molecular flexibility index (Phi) is 4.75. The number of Topliss-reactive ketones (excluding diaryl/α,β-unsaturated/α-hetero) is 3. The minimum atomic E-state index is -0.263. The number of rotatable bonds is 4. The molecule has 2 aliphatic carbocycles. The summed E-state index contributed by atoms with van der Waals surface area (Å²) in [5.41, 5.74) is 2.31. The Morgan fingerprint density at radius 3 is 1.66 bits per heavy atom. The molecule has 4 rings (SSSR count). The van der Waals surface area contributed by atoms with Gasteiger partial charge in [-0.1, -0.05) is 78.9 Å². The number of hydrogen-bond acceptors (Lipinski definition) is 4. The van der Waals surface area contributed by atoms with Crippen LogP contribution in [0.5, 0.6) is 0 Å². The smallest absolute Gasteiger partial charge is 0.197 e. The van der Waals surface area contributed by atoms with E-state index in [9.17, 15) is 19.5 Å². The van der Waals surface area contributed by atoms with Gasteiger partial charge in [0, 0.05) is 22.3 Å². The number of allylic oxidation sites excluding steroid dienone is 9. The lowest BCUT2D eigenvalue weighted by molar-refractivity contribution is 0.0986. The molecule has 0 atom stereocenters. The van der Waals surface area contributed by atoms with Crippen LogP contribution < -0.4 is 0 Å². The zero-order valence-electron chi connectivity index (χ0n) is 15.3. The van der Waals surface area contributed by atoms with Crippen molar-refractivity contribution in [1.82, 2.24) is 0 Å². The van der Waals surface area contributed by atoms with Crippen LogP contribution in [0.2, 0.25) is 0 Å². The van der Waals surface area contributed by atoms with Crippen molar-refractivity contribution >= 4 is 23.1 Å². The average Bonchev–Trinajstić information content (AvgIpc) is 3.13. The fourth-order valence-electron chi connectivity index (χ4n) is 3.36. The summed E-state index contributed by atoms with van der Waals surface area (Å²) in [4.78, 5) is 36.8. The fourth-order valence-corrected chi connectivity index (χ4v) is 3.36. The third kappa shape index (κ3) is 3.21. The zero-order chi connectivity index (χ0) is 20.4. The fraction of sp³-hybridized carbons (Fsp3) is 0. The van der Waals surface area contributed by atoms with E-state index in [0.717, 1.165) is 0 Å². The normalized spacial score (nSPS) is 16.0. The molecule has 140 valence electrons. The Balaban J connectivity index is 1.42. The highest BCUT2D eigenvalue weighted by Gasteiger charge is 2.31. The maximum atomic E-state index is 12.3. The molecule has 0 unspecified atom stereocenters. The Morgan fingerprint density at radius 1 is 0.586 bits per heavy atom. The van der Waals surface area contributed by atoms with Crippen molar-refractivity contribution in [2.45, 2.75) is 0 Å². The number of aliphatic hydroxyl groups excluding tert-OH is 1. The van der Waals surface area contributed by atoms with Crippen molar-refractivity contribution in [3.8, 4) is 0 Å². The topological polar surface area (TPSA) is 71.4 Å². The van der Waals surface area contributed by atoms with Gasteiger partial charge in [0.15, 0.2) is 17.3 Å². The standard InChI is InChI=1S/C25H16O4/c26-22-16-10-6-7-11-17(16)23(27)20(22)14-4-2-1-3-5-15-21-24(28)18-12-8-9-13-19(18)25(21)29/h1-15,26H/b2-1+,5-3+,14-4+. The van der Waals surface area contributed by atoms with Gasteiger partial charge in [0.05, 0.1) is 11.1 Å². The van der Waals surface area contributed by atoms with Gasteiger partial charge in [0.2, 0.25) is 0 Å². The summed E-state index contributed by atoms with van der Waals surface area (Å²) in [6.07, 6.45) is 11.4. The van der Waals surface area contributed by atoms with Crippen LogP contribution in [0.3, 0.4) is 0 Å². The van der Waals surface area contributed by atoms with Crippen LogP contribution in [0.25, 0.3) is 5.76 Å². The van der Waals surface area contributed by atoms with Crippen LogP contribution in [0, 0.1) is 0 Å². The van der Waals surface area contributed by atoms with E-state index in [1.54, 1.807) is 85.0 Å². The van der Waals surface area contributed by atoms with Crippen LogP contribution in [0.15, 0.2) is 102 Å². The van der Waals surface area contributed by atoms with Gasteiger partial charge < -0.3 is 5.11 Å². The second-order valence-electron chi connectivity index (χ2n) is 6.55. The maximum Gasteiger partial charge on any atom is 0.197 e. The van der Waals surface area contributed by atoms with Gasteiger partial charge in [-0.25, -0.2) is 0 Å². The molecule has 2 aromatic rings. The van der Waals surface area contributed by atoms with Crippen molar-refractivity contribution in [2.24, 2.45) is 0 Å². The van der Waals surface area contributed by atoms with Gasteiger partial charge in [0.25, 0.3) is 0 Å². The molecule has 0 saturated carbocycles. The van der Waals surface area contributed by atoms with Gasteiger partial charge in [-0.05, 0) is 12.2 Å². The van der Waals surface area contributed by atoms with Crippen molar-refractivity contribution in [3.63, 3.8) is 0 Å². The first-order chi connectivity index (χ1) is 14.1. The molecule has 4 heteroatoms. The summed E-state index contributed by atoms with van der Waals surface area (Å²) >= 11 is 0. The molecular formula is C25H16O4. The lowest BCUT2D eigenvalue weighted by atomic mass is 10.1. The SMILES string of the molecule is O=C1C(=C/C=C/C=C/C=C/C2=C(O)c3ccccc3C2=O)C(=O)c2ccccc21. The van der Waals surface area contributed by atoms with Crippen molar-refractivity contribution < 1.29 is 19.5 Å². The number of carbonyl (C=O) groups is 3. The van der Waals surface area contributed by atoms with E-state index in [2.05, 4.69) is 0 Å². The monoisotopic (exact) mass is 380 g/mol. The quantitative estimate of drug-likeness (QED) is 0.469. The summed E-state index contributed by atoms with van der Waals surface area (Å²) in [7, 11) is 0. The molecule has 0 amide bonds. The van der Waals surface area contributed by atoms with E-state index >= 15 is 0 Å². The second kappa shape index (κ2) is 7.52. The number of ketones is 3. The Hall–Kier alpha value is -4.05. The molecule has 0 spiro atoms. The molecule has 29 heavy (non-hydrogen) atoms. The molecule has 0 fully saturated rings. The number of hydrogen-bond donors (Lipinski definition) is 1. The molecule has 0 bridgehead atoms. The third-order valence-corrected chi connectivity index (χ3v) is 4.80. The summed E-state index contributed by atoms with van der Waals surface area (Å²) in [5.74, 6) is -0.754. The van der Waals surface area contributed by atoms with Crippen molar-refractivity contribution in [1.29, 1.82) is 0 Å². The molecular weight excluding hydrogens is 364 g/mol. The lowest BCUT2D eigenvalue weighted by Crippen LogP contribution is -1.99. The highest BCUT2D eigenvalue weighted by Crippen LogP contribution is 2.31. The Morgan fingerprint density at radius 2 is 1.07 bits per heavy atom. The van der Waals surface area contributed by atoms with E-state index in [4.69, 9.17) is 0 Å². The summed E-state index contributed by atoms with van der Waals surface area (Å²) in [5, 5.41) is 10.2. The maximum absolute atomic E-state index is 12.3. The molecule has 0 aromatic heterocycles. The van der Waals surface area contributed by atoms with E-state index in [0.29, 0.717) is 22.3 Å². The highest BCUT2D eigenvalue weighted by molar-refractivity contribution is 6.39. The number of benzene rings is 2. The van der Waals surface area contributed by atoms with E-state index in [1.165, 1.54) is 6.08 Å². The van der Waals surface area contributed by atoms with E-state index in [1.807, 2.05) is 0 Å². The molecule has 1 N–H and O–H groups in total. The predicted molar refractivity (Wildman–Crippen MR) is 111 cm³/mol. The van der Waals surface area contributed by atoms with Crippen molar-refractivity contribution in [2.75, 3.05) is 0 Å². The van der Waals surface area contributed by atoms with Gasteiger partial charge in [0.1, 0.15) is 5.76 Å². The van der Waals surface area contributed by atoms with Crippen LogP contribution in [-0.4, -0.2) is 22.5 Å². The number of fused-ring (bicyclic) bond motifs is 2. The van der Waals surface area contributed by atoms with E-state index < -0.39 is 0 Å². The predicted octanol–water partition coefficient (Wildman–Crippen LogP) is 4.83. The summed E-state index contributed by atoms with van der Waals surface area (Å²) in [6.45, 7) is 0. The van der Waals surface area contributed by atoms with Crippen LogP contribution in [0.4, 0.5) is 0 Å². The second-order valence-corrected chi connectivity index (χ2v) is 6.55. The minimum absolute atomic E-state index is 0.0200. The van der Waals surface area contributed by atoms with Crippen LogP contribution in [0.1, 0.15) is 36.6 Å². The molecule has 0 aliphatic heterocycles. The molecule has 2 aliphatic rings. The zero-order valence-corrected chi connectivity index (χ0v) is 15.3. The number of carbonyl (C=O) groups excluding carboxylic acids is 3. The molecule has 2 aromatic carbocycles. The van der Waals surface area contributed by atoms with Gasteiger partial charge in [-0.2, -0.15) is 0 Å². The first-order valence-electron chi connectivity index (χ1n) is 9.07. The van der Waals surface area contributed by atoms with E-state index in [-0.39, 0.29) is 34.3 Å². The number of aliphatic hydroxyl groups is 1. The van der Waals surface area contributed by atoms with Gasteiger partial charge >= 0.3 is 0 Å². The van der Waals surface area contributed by atoms with Crippen LogP contribution in [-0.2, 0) is 0 Å². The lowest BCUT2D eigenvalue weighted by Gasteiger charge is -1.95. The average molecular weight is 380 g/mol. The molecule has 0 saturated heterocycles. The van der Waals surface area contributed by atoms with Crippen LogP contribution >= 0.6 is 0 Å². The molecule has 0 radical (unpaired) electrons. The largest absolute Gasteiger partial charge is 0.507 e. The first kappa shape index (κ1) is 18.3. The Labute approximate surface area is 167 Å². The Bertz CT molecular complexity index is 1170. The van der Waals surface area contributed by atoms with Crippen molar-refractivity contribution in [3.05, 3.63) is 124 Å². The summed E-state index contributed by atoms with van der Waals surface area (Å²) < 4.78 is 0. The highest BCUT2D eigenvalue weighted by atomic mass is 16.3. The third-order valence-electron chi connectivity index (χ3n) is 4.80. The first-order valence-corrected chi connectivity index (χ1v) is 9.07.